The largest absolute Gasteiger partial charge is 0.445 e. The predicted octanol–water partition coefficient (Wildman–Crippen LogP) is 4.17. The van der Waals surface area contributed by atoms with E-state index in [1.165, 1.54) is 4.90 Å². The maximum Gasteiger partial charge on any atom is 0.410 e. The molecule has 0 bridgehead atoms. The van der Waals surface area contributed by atoms with Crippen molar-refractivity contribution in [3.63, 3.8) is 0 Å². The minimum absolute atomic E-state index is 0.0109. The molecule has 5 nitrogen and oxygen atoms in total. The summed E-state index contributed by atoms with van der Waals surface area (Å²) in [6.07, 6.45) is -0.431. The van der Waals surface area contributed by atoms with Gasteiger partial charge in [-0.05, 0) is 24.1 Å². The van der Waals surface area contributed by atoms with Gasteiger partial charge in [0, 0.05) is 28.9 Å². The molecule has 2 aromatic carbocycles. The number of Topliss-reactive ketones (excluding diaryl/α,β-unsaturated/α-hetero) is 2. The normalized spacial score (nSPS) is 16.4. The van der Waals surface area contributed by atoms with Gasteiger partial charge >= 0.3 is 6.09 Å². The highest BCUT2D eigenvalue weighted by molar-refractivity contribution is 9.10. The number of carbonyl (C=O) groups excluding carboxylic acids is 3. The van der Waals surface area contributed by atoms with Crippen LogP contribution in [0.1, 0.15) is 27.9 Å². The maximum atomic E-state index is 12.6. The van der Waals surface area contributed by atoms with Crippen molar-refractivity contribution in [1.82, 2.24) is 4.90 Å². The summed E-state index contributed by atoms with van der Waals surface area (Å²) in [5.74, 6) is -0.681. The van der Waals surface area contributed by atoms with Gasteiger partial charge in [0.15, 0.2) is 11.6 Å². The molecule has 1 atom stereocenters. The zero-order valence-electron chi connectivity index (χ0n) is 15.0. The number of hydrogen-bond acceptors (Lipinski definition) is 4. The average Bonchev–Trinajstić information content (AvgIpc) is 3.03. The number of halogens is 1. The first-order valence-electron chi connectivity index (χ1n) is 8.72. The lowest BCUT2D eigenvalue weighted by molar-refractivity contribution is -0.119. The van der Waals surface area contributed by atoms with Crippen molar-refractivity contribution in [2.24, 2.45) is 5.92 Å². The lowest BCUT2D eigenvalue weighted by Crippen LogP contribution is -2.29. The number of amides is 1. The topological polar surface area (TPSA) is 63.7 Å². The van der Waals surface area contributed by atoms with Gasteiger partial charge in [-0.25, -0.2) is 4.79 Å². The second-order valence-electron chi connectivity index (χ2n) is 6.62. The summed E-state index contributed by atoms with van der Waals surface area (Å²) in [5.41, 5.74) is 2.34. The third-order valence-corrected chi connectivity index (χ3v) is 5.57. The number of benzene rings is 2. The molecule has 140 valence electrons. The van der Waals surface area contributed by atoms with Gasteiger partial charge in [-0.1, -0.05) is 58.4 Å². The average molecular weight is 430 g/mol. The Hall–Kier alpha value is -2.47. The van der Waals surface area contributed by atoms with Gasteiger partial charge < -0.3 is 9.64 Å². The van der Waals surface area contributed by atoms with Gasteiger partial charge in [0.05, 0.1) is 6.54 Å². The Morgan fingerprint density at radius 3 is 2.63 bits per heavy atom. The van der Waals surface area contributed by atoms with Crippen molar-refractivity contribution in [3.8, 4) is 0 Å². The van der Waals surface area contributed by atoms with Crippen LogP contribution in [0.4, 0.5) is 4.79 Å². The van der Waals surface area contributed by atoms with E-state index in [1.807, 2.05) is 43.3 Å². The highest BCUT2D eigenvalue weighted by atomic mass is 79.9. The number of carbonyl (C=O) groups is 3. The zero-order chi connectivity index (χ0) is 19.4. The summed E-state index contributed by atoms with van der Waals surface area (Å²) in [5, 5.41) is 0. The monoisotopic (exact) mass is 429 g/mol. The molecule has 27 heavy (non-hydrogen) atoms. The molecule has 1 heterocycles. The lowest BCUT2D eigenvalue weighted by atomic mass is 9.94. The highest BCUT2D eigenvalue weighted by Crippen LogP contribution is 2.24. The Morgan fingerprint density at radius 2 is 1.89 bits per heavy atom. The second-order valence-corrected chi connectivity index (χ2v) is 7.48. The van der Waals surface area contributed by atoms with Crippen LogP contribution in [0.25, 0.3) is 0 Å². The number of hydrogen-bond donors (Lipinski definition) is 0. The van der Waals surface area contributed by atoms with Gasteiger partial charge in [0.1, 0.15) is 6.61 Å². The Morgan fingerprint density at radius 1 is 1.15 bits per heavy atom. The van der Waals surface area contributed by atoms with Crippen LogP contribution in [-0.4, -0.2) is 35.6 Å². The molecule has 1 saturated heterocycles. The SMILES string of the molecule is Cc1c(Br)cccc1C(=O)CC1CN(C(=O)OCc2ccccc2)CC1=O. The molecule has 1 fully saturated rings. The van der Waals surface area contributed by atoms with Crippen molar-refractivity contribution >= 4 is 33.6 Å². The lowest BCUT2D eigenvalue weighted by Gasteiger charge is -2.15. The van der Waals surface area contributed by atoms with Crippen molar-refractivity contribution in [3.05, 3.63) is 69.7 Å². The maximum absolute atomic E-state index is 12.6. The number of rotatable bonds is 5. The van der Waals surface area contributed by atoms with Gasteiger partial charge in [-0.2, -0.15) is 0 Å². The minimum atomic E-state index is -0.527. The fraction of sp³-hybridized carbons (Fsp3) is 0.286. The minimum Gasteiger partial charge on any atom is -0.445 e. The van der Waals surface area contributed by atoms with Crippen LogP contribution >= 0.6 is 15.9 Å². The van der Waals surface area contributed by atoms with E-state index in [-0.39, 0.29) is 37.7 Å². The molecular formula is C21H20BrNO4. The summed E-state index contributed by atoms with van der Waals surface area (Å²) < 4.78 is 6.14. The number of likely N-dealkylation sites (tertiary alicyclic amines) is 1. The zero-order valence-corrected chi connectivity index (χ0v) is 16.6. The van der Waals surface area contributed by atoms with Crippen molar-refractivity contribution < 1.29 is 19.1 Å². The summed E-state index contributed by atoms with van der Waals surface area (Å²) >= 11 is 3.42. The highest BCUT2D eigenvalue weighted by Gasteiger charge is 2.36. The quantitative estimate of drug-likeness (QED) is 0.669. The predicted molar refractivity (Wildman–Crippen MR) is 105 cm³/mol. The van der Waals surface area contributed by atoms with E-state index in [0.29, 0.717) is 5.56 Å². The van der Waals surface area contributed by atoms with E-state index in [9.17, 15) is 14.4 Å². The third kappa shape index (κ3) is 4.63. The van der Waals surface area contributed by atoms with E-state index in [4.69, 9.17) is 4.74 Å². The number of ether oxygens (including phenoxy) is 1. The Bertz CT molecular complexity index is 866. The molecule has 1 unspecified atom stereocenters. The first-order chi connectivity index (χ1) is 13.0. The van der Waals surface area contributed by atoms with E-state index >= 15 is 0 Å². The van der Waals surface area contributed by atoms with Crippen molar-refractivity contribution in [2.45, 2.75) is 20.0 Å². The first kappa shape index (κ1) is 19.3. The van der Waals surface area contributed by atoms with Gasteiger partial charge in [0.25, 0.3) is 0 Å². The van der Waals surface area contributed by atoms with Crippen LogP contribution in [0.2, 0.25) is 0 Å². The van der Waals surface area contributed by atoms with E-state index < -0.39 is 12.0 Å². The standard InChI is InChI=1S/C21H20BrNO4/c1-14-17(8-5-9-18(14)22)19(24)10-16-11-23(12-20(16)25)21(26)27-13-15-6-3-2-4-7-15/h2-9,16H,10-13H2,1H3. The van der Waals surface area contributed by atoms with Crippen molar-refractivity contribution in [1.29, 1.82) is 0 Å². The van der Waals surface area contributed by atoms with Crippen LogP contribution in [0.15, 0.2) is 53.0 Å². The fourth-order valence-electron chi connectivity index (χ4n) is 3.12. The van der Waals surface area contributed by atoms with Gasteiger partial charge in [-0.3, -0.25) is 9.59 Å². The molecule has 0 spiro atoms. The summed E-state index contributed by atoms with van der Waals surface area (Å²) in [6, 6.07) is 14.8. The number of ketones is 2. The van der Waals surface area contributed by atoms with Crippen LogP contribution in [0.5, 0.6) is 0 Å². The molecule has 0 radical (unpaired) electrons. The summed E-state index contributed by atoms with van der Waals surface area (Å²) in [6.45, 7) is 2.22. The fourth-order valence-corrected chi connectivity index (χ4v) is 3.49. The van der Waals surface area contributed by atoms with E-state index in [2.05, 4.69) is 15.9 Å². The molecule has 3 rings (SSSR count). The van der Waals surface area contributed by atoms with Crippen LogP contribution in [0, 0.1) is 12.8 Å². The molecule has 6 heteroatoms. The number of nitrogens with zero attached hydrogens (tertiary/aromatic N) is 1. The smallest absolute Gasteiger partial charge is 0.410 e. The van der Waals surface area contributed by atoms with E-state index in [0.717, 1.165) is 15.6 Å². The molecule has 0 N–H and O–H groups in total. The molecule has 0 aliphatic carbocycles. The first-order valence-corrected chi connectivity index (χ1v) is 9.51. The molecule has 0 aromatic heterocycles. The van der Waals surface area contributed by atoms with Crippen LogP contribution in [-0.2, 0) is 16.1 Å². The molecular weight excluding hydrogens is 410 g/mol. The molecule has 1 aliphatic rings. The Labute approximate surface area is 166 Å². The van der Waals surface area contributed by atoms with Gasteiger partial charge in [-0.15, -0.1) is 0 Å². The van der Waals surface area contributed by atoms with Crippen LogP contribution < -0.4 is 0 Å². The third-order valence-electron chi connectivity index (χ3n) is 4.71. The van der Waals surface area contributed by atoms with E-state index in [1.54, 1.807) is 12.1 Å². The Kier molecular flexibility index (Phi) is 6.06. The molecule has 1 amide bonds. The van der Waals surface area contributed by atoms with Gasteiger partial charge in [0.2, 0.25) is 0 Å². The summed E-state index contributed by atoms with van der Waals surface area (Å²) in [4.78, 5) is 38.5. The van der Waals surface area contributed by atoms with Crippen molar-refractivity contribution in [2.75, 3.05) is 13.1 Å². The summed E-state index contributed by atoms with van der Waals surface area (Å²) in [7, 11) is 0. The Balaban J connectivity index is 1.57. The van der Waals surface area contributed by atoms with Crippen LogP contribution in [0.3, 0.4) is 0 Å². The molecule has 2 aromatic rings. The molecule has 1 aliphatic heterocycles. The second kappa shape index (κ2) is 8.48. The molecule has 0 saturated carbocycles.